The fraction of sp³-hybridized carbons (Fsp3) is 0.308. The second-order valence-corrected chi connectivity index (χ2v) is 12.0. The molecule has 0 bridgehead atoms. The van der Waals surface area contributed by atoms with Crippen LogP contribution in [-0.4, -0.2) is 62.7 Å². The molecule has 2 aromatic carbocycles. The average Bonchev–Trinajstić information content (AvgIpc) is 3.60. The van der Waals surface area contributed by atoms with Crippen LogP contribution < -0.4 is 11.1 Å². The Morgan fingerprint density at radius 2 is 2.03 bits per heavy atom. The Morgan fingerprint density at radius 3 is 2.84 bits per heavy atom. The van der Waals surface area contributed by atoms with Crippen LogP contribution in [0.25, 0.3) is 33.3 Å². The summed E-state index contributed by atoms with van der Waals surface area (Å²) in [5.74, 6) is 0.802. The summed E-state index contributed by atoms with van der Waals surface area (Å²) in [4.78, 5) is 16.7. The predicted octanol–water partition coefficient (Wildman–Crippen LogP) is 3.02. The molecule has 3 aromatic heterocycles. The van der Waals surface area contributed by atoms with Gasteiger partial charge in [0.15, 0.2) is 5.65 Å². The molecule has 1 saturated heterocycles. The summed E-state index contributed by atoms with van der Waals surface area (Å²) in [7, 11) is -3.09. The van der Waals surface area contributed by atoms with E-state index >= 15 is 0 Å². The number of anilines is 1. The van der Waals surface area contributed by atoms with Crippen LogP contribution in [0.2, 0.25) is 0 Å². The van der Waals surface area contributed by atoms with Crippen LogP contribution >= 0.6 is 0 Å². The summed E-state index contributed by atoms with van der Waals surface area (Å²) in [5, 5.41) is 9.00. The van der Waals surface area contributed by atoms with Crippen LogP contribution in [0.15, 0.2) is 48.8 Å². The smallest absolute Gasteiger partial charge is 0.164 e. The molecular weight excluding hydrogens is 507 g/mol. The number of benzene rings is 2. The highest BCUT2D eigenvalue weighted by Gasteiger charge is 2.32. The molecule has 0 amide bonds. The van der Waals surface area contributed by atoms with Crippen molar-refractivity contribution in [2.24, 2.45) is 0 Å². The summed E-state index contributed by atoms with van der Waals surface area (Å²) in [5.41, 5.74) is 10.5. The minimum Gasteiger partial charge on any atom is -0.383 e. The summed E-state index contributed by atoms with van der Waals surface area (Å²) in [6, 6.07) is 12.3. The molecule has 2 atom stereocenters. The van der Waals surface area contributed by atoms with E-state index in [2.05, 4.69) is 20.3 Å². The van der Waals surface area contributed by atoms with E-state index in [-0.39, 0.29) is 23.7 Å². The van der Waals surface area contributed by atoms with Crippen molar-refractivity contribution in [1.29, 1.82) is 0 Å². The van der Waals surface area contributed by atoms with Gasteiger partial charge >= 0.3 is 0 Å². The number of fused-ring (bicyclic) bond motifs is 2. The Bertz CT molecular complexity index is 1760. The lowest BCUT2D eigenvalue weighted by Crippen LogP contribution is -2.31. The maximum Gasteiger partial charge on any atom is 0.164 e. The molecule has 4 heterocycles. The van der Waals surface area contributed by atoms with Gasteiger partial charge in [-0.1, -0.05) is 24.3 Å². The third kappa shape index (κ3) is 4.61. The third-order valence-electron chi connectivity index (χ3n) is 7.06. The molecule has 1 fully saturated rings. The highest BCUT2D eigenvalue weighted by Crippen LogP contribution is 2.35. The number of halogens is 1. The predicted molar refractivity (Wildman–Crippen MR) is 144 cm³/mol. The molecule has 0 radical (unpaired) electrons. The summed E-state index contributed by atoms with van der Waals surface area (Å²) in [6.45, 7) is 0.750. The van der Waals surface area contributed by atoms with E-state index in [1.807, 2.05) is 22.9 Å². The number of rotatable bonds is 7. The van der Waals surface area contributed by atoms with Gasteiger partial charge in [-0.3, -0.25) is 0 Å². The molecule has 2 unspecified atom stereocenters. The molecular formula is C26H27FN8O2S. The minimum absolute atomic E-state index is 0.0633. The number of sulfone groups is 1. The summed E-state index contributed by atoms with van der Waals surface area (Å²) >= 11 is 0. The van der Waals surface area contributed by atoms with Gasteiger partial charge in [0, 0.05) is 24.3 Å². The lowest BCUT2D eigenvalue weighted by Gasteiger charge is -2.20. The van der Waals surface area contributed by atoms with Crippen molar-refractivity contribution in [2.45, 2.75) is 31.3 Å². The molecule has 196 valence electrons. The van der Waals surface area contributed by atoms with E-state index in [1.54, 1.807) is 18.2 Å². The Balaban J connectivity index is 1.39. The number of hydrogen-bond donors (Lipinski definition) is 3. The molecule has 4 N–H and O–H groups in total. The third-order valence-corrected chi connectivity index (χ3v) is 8.04. The van der Waals surface area contributed by atoms with Gasteiger partial charge in [-0.2, -0.15) is 5.10 Å². The molecule has 6 rings (SSSR count). The summed E-state index contributed by atoms with van der Waals surface area (Å²) < 4.78 is 39.6. The first-order valence-corrected chi connectivity index (χ1v) is 14.4. The average molecular weight is 535 g/mol. The van der Waals surface area contributed by atoms with E-state index in [9.17, 15) is 12.8 Å². The molecule has 5 aromatic rings. The van der Waals surface area contributed by atoms with Gasteiger partial charge in [0.2, 0.25) is 0 Å². The lowest BCUT2D eigenvalue weighted by atomic mass is 10.1. The van der Waals surface area contributed by atoms with Crippen molar-refractivity contribution in [1.82, 2.24) is 35.0 Å². The van der Waals surface area contributed by atoms with Gasteiger partial charge in [0.05, 0.1) is 28.2 Å². The van der Waals surface area contributed by atoms with Crippen molar-refractivity contribution < 1.29 is 12.8 Å². The van der Waals surface area contributed by atoms with Crippen molar-refractivity contribution >= 4 is 37.7 Å². The quantitative estimate of drug-likeness (QED) is 0.289. The monoisotopic (exact) mass is 534 g/mol. The van der Waals surface area contributed by atoms with Crippen LogP contribution in [-0.2, 0) is 16.3 Å². The molecule has 0 aliphatic carbocycles. The number of H-pyrrole nitrogens is 1. The number of aromatic amines is 1. The van der Waals surface area contributed by atoms with Crippen LogP contribution in [0, 0.1) is 5.82 Å². The second-order valence-electron chi connectivity index (χ2n) is 9.77. The maximum atomic E-state index is 14.2. The standard InChI is InChI=1S/C26H27FN8O2S/c1-38(36,37)11-9-19-21(8-10-29-19)35-26-23(25(28)30-14-31-26)24(34-35)16-6-7-18-20(12-16)33-22(32-18)13-15-4-2-3-5-17(15)27/h2-7,12,14,19,21,29H,8-11,13H2,1H3,(H,32,33)(H2,28,30,31). The largest absolute Gasteiger partial charge is 0.383 e. The minimum atomic E-state index is -3.09. The lowest BCUT2D eigenvalue weighted by molar-refractivity contribution is 0.401. The van der Waals surface area contributed by atoms with Crippen molar-refractivity contribution in [3.05, 3.63) is 66.0 Å². The van der Waals surface area contributed by atoms with Gasteiger partial charge in [0.25, 0.3) is 0 Å². The highest BCUT2D eigenvalue weighted by molar-refractivity contribution is 7.90. The molecule has 12 heteroatoms. The Kier molecular flexibility index (Phi) is 6.07. The zero-order valence-electron chi connectivity index (χ0n) is 20.7. The molecule has 1 aliphatic rings. The number of nitrogens with zero attached hydrogens (tertiary/aromatic N) is 5. The zero-order valence-corrected chi connectivity index (χ0v) is 21.5. The normalized spacial score (nSPS) is 18.1. The van der Waals surface area contributed by atoms with Gasteiger partial charge in [0.1, 0.15) is 39.3 Å². The van der Waals surface area contributed by atoms with Crippen LogP contribution in [0.4, 0.5) is 10.2 Å². The molecule has 0 saturated carbocycles. The Hall–Kier alpha value is -3.90. The van der Waals surface area contributed by atoms with Gasteiger partial charge < -0.3 is 16.0 Å². The highest BCUT2D eigenvalue weighted by atomic mass is 32.2. The van der Waals surface area contributed by atoms with E-state index < -0.39 is 9.84 Å². The number of imidazole rings is 1. The number of nitrogen functional groups attached to an aromatic ring is 1. The van der Waals surface area contributed by atoms with E-state index in [0.717, 1.165) is 29.6 Å². The number of nitrogens with one attached hydrogen (secondary N) is 2. The van der Waals surface area contributed by atoms with Crippen LogP contribution in [0.5, 0.6) is 0 Å². The first-order valence-electron chi connectivity index (χ1n) is 12.4. The van der Waals surface area contributed by atoms with Crippen molar-refractivity contribution in [3.63, 3.8) is 0 Å². The fourth-order valence-corrected chi connectivity index (χ4v) is 5.90. The SMILES string of the molecule is CS(=O)(=O)CCC1NCCC1n1nc(-c2ccc3[nH]c(Cc4ccccc4F)nc3c2)c2c(N)ncnc21. The molecule has 1 aliphatic heterocycles. The number of hydrogen-bond acceptors (Lipinski definition) is 8. The van der Waals surface area contributed by atoms with E-state index in [1.165, 1.54) is 18.6 Å². The number of aromatic nitrogens is 6. The van der Waals surface area contributed by atoms with Crippen LogP contribution in [0.3, 0.4) is 0 Å². The fourth-order valence-electron chi connectivity index (χ4n) is 5.22. The maximum absolute atomic E-state index is 14.2. The number of nitrogens with two attached hydrogens (primary N) is 1. The summed E-state index contributed by atoms with van der Waals surface area (Å²) in [6.07, 6.45) is 4.27. The van der Waals surface area contributed by atoms with Gasteiger partial charge in [-0.25, -0.2) is 32.4 Å². The Labute approximate surface area is 218 Å². The van der Waals surface area contributed by atoms with Gasteiger partial charge in [-0.15, -0.1) is 0 Å². The molecule has 10 nitrogen and oxygen atoms in total. The molecule has 38 heavy (non-hydrogen) atoms. The second kappa shape index (κ2) is 9.44. The Morgan fingerprint density at radius 1 is 1.18 bits per heavy atom. The zero-order chi connectivity index (χ0) is 26.4. The van der Waals surface area contributed by atoms with Gasteiger partial charge in [-0.05, 0) is 43.1 Å². The van der Waals surface area contributed by atoms with Crippen molar-refractivity contribution in [3.8, 4) is 11.3 Å². The van der Waals surface area contributed by atoms with Crippen LogP contribution in [0.1, 0.15) is 30.3 Å². The van der Waals surface area contributed by atoms with Crippen molar-refractivity contribution in [2.75, 3.05) is 24.3 Å². The topological polar surface area (TPSA) is 144 Å². The first kappa shape index (κ1) is 24.4. The van der Waals surface area contributed by atoms with E-state index in [0.29, 0.717) is 46.8 Å². The first-order chi connectivity index (χ1) is 18.3. The van der Waals surface area contributed by atoms with E-state index in [4.69, 9.17) is 15.8 Å². The molecule has 0 spiro atoms.